The largest absolute Gasteiger partial charge is 0.493 e. The summed E-state index contributed by atoms with van der Waals surface area (Å²) in [6.07, 6.45) is 8.29. The first kappa shape index (κ1) is 33.5. The first-order valence-electron chi connectivity index (χ1n) is 14.1. The zero-order valence-electron chi connectivity index (χ0n) is 24.8. The maximum Gasteiger partial charge on any atom is 0.343 e. The average molecular weight is 605 g/mol. The minimum Gasteiger partial charge on any atom is -0.493 e. The molecule has 2 aromatic rings. The Morgan fingerprint density at radius 1 is 0.795 bits per heavy atom. The van der Waals surface area contributed by atoms with Crippen LogP contribution in [0, 0.1) is 12.8 Å². The van der Waals surface area contributed by atoms with Crippen molar-refractivity contribution in [1.82, 2.24) is 0 Å². The van der Waals surface area contributed by atoms with Crippen molar-refractivity contribution in [3.8, 4) is 17.2 Å². The molecule has 10 nitrogen and oxygen atoms in total. The molecule has 0 aromatic heterocycles. The molecule has 0 fully saturated rings. The van der Waals surface area contributed by atoms with Crippen molar-refractivity contribution in [2.45, 2.75) is 32.8 Å². The van der Waals surface area contributed by atoms with Gasteiger partial charge < -0.3 is 28.4 Å². The number of rotatable bonds is 16. The highest BCUT2D eigenvalue weighted by Gasteiger charge is 2.22. The van der Waals surface area contributed by atoms with Gasteiger partial charge in [0.15, 0.2) is 0 Å². The van der Waals surface area contributed by atoms with Gasteiger partial charge in [0.25, 0.3) is 0 Å². The highest BCUT2D eigenvalue weighted by molar-refractivity contribution is 5.94. The predicted octanol–water partition coefficient (Wildman–Crippen LogP) is 5.25. The van der Waals surface area contributed by atoms with Crippen molar-refractivity contribution in [2.24, 2.45) is 5.92 Å². The topological polar surface area (TPSA) is 124 Å². The summed E-state index contributed by atoms with van der Waals surface area (Å²) in [5.41, 5.74) is 1.34. The lowest BCUT2D eigenvalue weighted by Crippen LogP contribution is -2.24. The Bertz CT molecular complexity index is 1400. The molecule has 0 spiro atoms. The third kappa shape index (κ3) is 10.7. The smallest absolute Gasteiger partial charge is 0.343 e. The van der Waals surface area contributed by atoms with Gasteiger partial charge in [0.05, 0.1) is 43.7 Å². The van der Waals surface area contributed by atoms with E-state index in [1.807, 2.05) is 6.92 Å². The zero-order chi connectivity index (χ0) is 31.9. The van der Waals surface area contributed by atoms with E-state index in [1.54, 1.807) is 67.6 Å². The van der Waals surface area contributed by atoms with E-state index in [2.05, 4.69) is 13.2 Å². The van der Waals surface area contributed by atoms with E-state index in [1.165, 1.54) is 0 Å². The normalized spacial score (nSPS) is 15.4. The molecule has 1 aliphatic rings. The molecule has 3 rings (SSSR count). The van der Waals surface area contributed by atoms with Crippen LogP contribution >= 0.6 is 0 Å². The number of ether oxygens (including phenoxy) is 6. The van der Waals surface area contributed by atoms with Crippen LogP contribution in [0.4, 0.5) is 0 Å². The molecular formula is C34H36O10. The molecule has 2 unspecified atom stereocenters. The van der Waals surface area contributed by atoms with Crippen LogP contribution < -0.4 is 14.2 Å². The Balaban J connectivity index is 1.45. The van der Waals surface area contributed by atoms with Crippen LogP contribution in [0.3, 0.4) is 0 Å². The molecule has 2 aromatic carbocycles. The molecule has 2 atom stereocenters. The SMILES string of the molecule is C=CC(=O)OCCCOc1ccc(C(=O)Oc2ccc(OC(=O)C3=CC(C)C(OCCCOC(=O)C=C)C=C3)c(C)c2)cc1. The second-order valence-electron chi connectivity index (χ2n) is 9.71. The van der Waals surface area contributed by atoms with Gasteiger partial charge in [-0.05, 0) is 61.0 Å². The second-order valence-corrected chi connectivity index (χ2v) is 9.71. The van der Waals surface area contributed by atoms with Gasteiger partial charge in [0, 0.05) is 30.9 Å². The fraction of sp³-hybridized carbons (Fsp3) is 0.294. The maximum absolute atomic E-state index is 12.8. The molecule has 0 aliphatic heterocycles. The van der Waals surface area contributed by atoms with Crippen LogP contribution in [0.2, 0.25) is 0 Å². The molecule has 232 valence electrons. The molecule has 0 saturated carbocycles. The number of aryl methyl sites for hydroxylation is 1. The van der Waals surface area contributed by atoms with Crippen LogP contribution in [0.25, 0.3) is 0 Å². The summed E-state index contributed by atoms with van der Waals surface area (Å²) < 4.78 is 32.3. The maximum atomic E-state index is 12.8. The molecule has 0 radical (unpaired) electrons. The number of carbonyl (C=O) groups is 4. The Hall–Kier alpha value is -4.96. The van der Waals surface area contributed by atoms with E-state index in [4.69, 9.17) is 28.4 Å². The summed E-state index contributed by atoms with van der Waals surface area (Å²) in [6, 6.07) is 11.2. The molecule has 1 aliphatic carbocycles. The first-order valence-corrected chi connectivity index (χ1v) is 14.1. The van der Waals surface area contributed by atoms with Gasteiger partial charge >= 0.3 is 23.9 Å². The molecule has 0 N–H and O–H groups in total. The molecule has 10 heteroatoms. The monoisotopic (exact) mass is 604 g/mol. The quantitative estimate of drug-likeness (QED) is 0.109. The number of esters is 4. The molecule has 0 saturated heterocycles. The number of benzene rings is 2. The fourth-order valence-corrected chi connectivity index (χ4v) is 3.95. The van der Waals surface area contributed by atoms with Crippen molar-refractivity contribution in [3.63, 3.8) is 0 Å². The van der Waals surface area contributed by atoms with E-state index in [0.717, 1.165) is 12.2 Å². The molecular weight excluding hydrogens is 568 g/mol. The zero-order valence-corrected chi connectivity index (χ0v) is 24.8. The Morgan fingerprint density at radius 3 is 2.05 bits per heavy atom. The fourth-order valence-electron chi connectivity index (χ4n) is 3.95. The van der Waals surface area contributed by atoms with Crippen LogP contribution in [0.5, 0.6) is 17.2 Å². The van der Waals surface area contributed by atoms with Gasteiger partial charge in [0.2, 0.25) is 0 Å². The summed E-state index contributed by atoms with van der Waals surface area (Å²) in [5.74, 6) is -0.908. The van der Waals surface area contributed by atoms with E-state index in [0.29, 0.717) is 60.0 Å². The molecule has 0 amide bonds. The highest BCUT2D eigenvalue weighted by atomic mass is 16.5. The molecule has 0 bridgehead atoms. The lowest BCUT2D eigenvalue weighted by Gasteiger charge is -2.23. The lowest BCUT2D eigenvalue weighted by molar-refractivity contribution is -0.139. The Kier molecular flexibility index (Phi) is 13.1. The van der Waals surface area contributed by atoms with Crippen LogP contribution in [0.15, 0.2) is 91.6 Å². The Morgan fingerprint density at radius 2 is 1.43 bits per heavy atom. The highest BCUT2D eigenvalue weighted by Crippen LogP contribution is 2.27. The summed E-state index contributed by atoms with van der Waals surface area (Å²) in [5, 5.41) is 0. The number of hydrogen-bond donors (Lipinski definition) is 0. The standard InChI is InChI=1S/C34H36O10/c1-5-31(35)41-19-7-17-39-27-12-9-25(10-13-27)33(37)43-28-14-16-30(24(4)22-28)44-34(38)26-11-15-29(23(3)21-26)40-18-8-20-42-32(36)6-2/h5-6,9-16,21-23,29H,1-2,7-8,17-20H2,3-4H3. The van der Waals surface area contributed by atoms with Gasteiger partial charge in [-0.3, -0.25) is 0 Å². The molecule has 44 heavy (non-hydrogen) atoms. The van der Waals surface area contributed by atoms with Crippen molar-refractivity contribution in [3.05, 3.63) is 103 Å². The number of carbonyl (C=O) groups excluding carboxylic acids is 4. The van der Waals surface area contributed by atoms with Gasteiger partial charge in [-0.25, -0.2) is 19.2 Å². The summed E-state index contributed by atoms with van der Waals surface area (Å²) in [6.45, 7) is 11.5. The summed E-state index contributed by atoms with van der Waals surface area (Å²) in [4.78, 5) is 47.6. The van der Waals surface area contributed by atoms with E-state index >= 15 is 0 Å². The minimum absolute atomic E-state index is 0.0734. The van der Waals surface area contributed by atoms with Crippen LogP contribution in [0.1, 0.15) is 35.7 Å². The first-order chi connectivity index (χ1) is 21.2. The van der Waals surface area contributed by atoms with Crippen molar-refractivity contribution in [1.29, 1.82) is 0 Å². The summed E-state index contributed by atoms with van der Waals surface area (Å²) >= 11 is 0. The van der Waals surface area contributed by atoms with Gasteiger partial charge in [-0.2, -0.15) is 0 Å². The van der Waals surface area contributed by atoms with E-state index in [-0.39, 0.29) is 25.2 Å². The average Bonchev–Trinajstić information content (AvgIpc) is 3.02. The third-order valence-corrected chi connectivity index (χ3v) is 6.29. The minimum atomic E-state index is -0.557. The number of hydrogen-bond acceptors (Lipinski definition) is 10. The Labute approximate surface area is 256 Å². The van der Waals surface area contributed by atoms with E-state index < -0.39 is 23.9 Å². The summed E-state index contributed by atoms with van der Waals surface area (Å²) in [7, 11) is 0. The van der Waals surface area contributed by atoms with E-state index in [9.17, 15) is 19.2 Å². The third-order valence-electron chi connectivity index (χ3n) is 6.29. The van der Waals surface area contributed by atoms with Crippen molar-refractivity contribution < 1.29 is 47.6 Å². The van der Waals surface area contributed by atoms with Gasteiger partial charge in [-0.1, -0.05) is 32.2 Å². The van der Waals surface area contributed by atoms with Crippen molar-refractivity contribution >= 4 is 23.9 Å². The second kappa shape index (κ2) is 17.2. The predicted molar refractivity (Wildman–Crippen MR) is 161 cm³/mol. The van der Waals surface area contributed by atoms with Crippen LogP contribution in [-0.2, 0) is 28.6 Å². The van der Waals surface area contributed by atoms with Crippen LogP contribution in [-0.4, -0.2) is 56.4 Å². The van der Waals surface area contributed by atoms with Gasteiger partial charge in [0.1, 0.15) is 17.2 Å². The lowest BCUT2D eigenvalue weighted by atomic mass is 9.95. The molecule has 0 heterocycles. The van der Waals surface area contributed by atoms with Gasteiger partial charge in [-0.15, -0.1) is 0 Å². The van der Waals surface area contributed by atoms with Crippen molar-refractivity contribution in [2.75, 3.05) is 26.4 Å².